The van der Waals surface area contributed by atoms with Crippen LogP contribution in [0.2, 0.25) is 0 Å². The molecule has 3 heteroatoms. The van der Waals surface area contributed by atoms with E-state index in [1.54, 1.807) is 6.20 Å². The third kappa shape index (κ3) is 1.35. The molecule has 0 atom stereocenters. The van der Waals surface area contributed by atoms with Gasteiger partial charge in [0.15, 0.2) is 0 Å². The lowest BCUT2D eigenvalue weighted by Crippen LogP contribution is -2.12. The predicted molar refractivity (Wildman–Crippen MR) is 58.3 cm³/mol. The Hall–Kier alpha value is -1.51. The Morgan fingerprint density at radius 1 is 1.29 bits per heavy atom. The standard InChI is InChI=1S/C11H15N3/c1-11(2,3)8-4-5-10-13-6-9(12)14(10)7-8/h4-7H,12H2,1-3H3. The second-order valence-corrected chi connectivity index (χ2v) is 4.58. The van der Waals surface area contributed by atoms with E-state index >= 15 is 0 Å². The summed E-state index contributed by atoms with van der Waals surface area (Å²) in [5.74, 6) is 0.686. The first-order valence-corrected chi connectivity index (χ1v) is 4.71. The van der Waals surface area contributed by atoms with Gasteiger partial charge in [-0.15, -0.1) is 0 Å². The van der Waals surface area contributed by atoms with Crippen LogP contribution in [0.4, 0.5) is 5.82 Å². The van der Waals surface area contributed by atoms with E-state index in [0.29, 0.717) is 5.82 Å². The van der Waals surface area contributed by atoms with Gasteiger partial charge in [0.25, 0.3) is 0 Å². The number of aromatic nitrogens is 2. The number of nitrogen functional groups attached to an aromatic ring is 1. The van der Waals surface area contributed by atoms with Gasteiger partial charge in [-0.1, -0.05) is 26.8 Å². The van der Waals surface area contributed by atoms with E-state index in [2.05, 4.69) is 38.0 Å². The zero-order valence-electron chi connectivity index (χ0n) is 8.78. The highest BCUT2D eigenvalue weighted by atomic mass is 15.1. The normalized spacial score (nSPS) is 12.2. The number of pyridine rings is 1. The van der Waals surface area contributed by atoms with Crippen LogP contribution < -0.4 is 5.73 Å². The second kappa shape index (κ2) is 2.74. The first-order valence-electron chi connectivity index (χ1n) is 4.71. The third-order valence-electron chi connectivity index (χ3n) is 2.40. The molecule has 0 fully saturated rings. The fourth-order valence-electron chi connectivity index (χ4n) is 1.44. The number of nitrogens with zero attached hydrogens (tertiary/aromatic N) is 2. The van der Waals surface area contributed by atoms with Crippen molar-refractivity contribution in [2.75, 3.05) is 5.73 Å². The fourth-order valence-corrected chi connectivity index (χ4v) is 1.44. The highest BCUT2D eigenvalue weighted by Crippen LogP contribution is 2.23. The van der Waals surface area contributed by atoms with Gasteiger partial charge >= 0.3 is 0 Å². The molecule has 2 aromatic rings. The zero-order chi connectivity index (χ0) is 10.3. The molecular weight excluding hydrogens is 174 g/mol. The predicted octanol–water partition coefficient (Wildman–Crippen LogP) is 2.21. The molecule has 0 aromatic carbocycles. The molecule has 2 N–H and O–H groups in total. The number of imidazole rings is 1. The average Bonchev–Trinajstić information content (AvgIpc) is 2.46. The Bertz CT molecular complexity index is 463. The largest absolute Gasteiger partial charge is 0.383 e. The number of hydrogen-bond donors (Lipinski definition) is 1. The molecule has 2 rings (SSSR count). The van der Waals surface area contributed by atoms with Crippen LogP contribution in [0, 0.1) is 0 Å². The van der Waals surface area contributed by atoms with Gasteiger partial charge < -0.3 is 5.73 Å². The lowest BCUT2D eigenvalue weighted by atomic mass is 9.88. The molecule has 0 radical (unpaired) electrons. The highest BCUT2D eigenvalue weighted by molar-refractivity contribution is 5.49. The van der Waals surface area contributed by atoms with Gasteiger partial charge in [0, 0.05) is 6.20 Å². The monoisotopic (exact) mass is 189 g/mol. The van der Waals surface area contributed by atoms with Crippen LogP contribution in [-0.4, -0.2) is 9.38 Å². The SMILES string of the molecule is CC(C)(C)c1ccc2ncc(N)n2c1. The average molecular weight is 189 g/mol. The van der Waals surface area contributed by atoms with Gasteiger partial charge in [-0.2, -0.15) is 0 Å². The van der Waals surface area contributed by atoms with Gasteiger partial charge in [-0.3, -0.25) is 4.40 Å². The first-order chi connectivity index (χ1) is 6.48. The Labute approximate surface area is 83.6 Å². The van der Waals surface area contributed by atoms with Crippen LogP contribution in [0.1, 0.15) is 26.3 Å². The summed E-state index contributed by atoms with van der Waals surface area (Å²) < 4.78 is 1.92. The van der Waals surface area contributed by atoms with E-state index in [1.807, 2.05) is 10.5 Å². The van der Waals surface area contributed by atoms with E-state index in [1.165, 1.54) is 5.56 Å². The molecule has 2 heterocycles. The van der Waals surface area contributed by atoms with Crippen molar-refractivity contribution in [3.63, 3.8) is 0 Å². The molecule has 0 amide bonds. The van der Waals surface area contributed by atoms with Crippen molar-refractivity contribution in [3.05, 3.63) is 30.1 Å². The minimum absolute atomic E-state index is 0.144. The number of rotatable bonds is 0. The van der Waals surface area contributed by atoms with Crippen molar-refractivity contribution in [1.29, 1.82) is 0 Å². The number of nitrogens with two attached hydrogens (primary N) is 1. The van der Waals surface area contributed by atoms with Gasteiger partial charge in [-0.25, -0.2) is 4.98 Å². The second-order valence-electron chi connectivity index (χ2n) is 4.58. The van der Waals surface area contributed by atoms with Crippen molar-refractivity contribution in [2.24, 2.45) is 0 Å². The van der Waals surface area contributed by atoms with E-state index in [-0.39, 0.29) is 5.41 Å². The Morgan fingerprint density at radius 2 is 2.00 bits per heavy atom. The van der Waals surface area contributed by atoms with Crippen LogP contribution in [0.15, 0.2) is 24.5 Å². The number of hydrogen-bond acceptors (Lipinski definition) is 2. The fraction of sp³-hybridized carbons (Fsp3) is 0.364. The molecule has 0 aliphatic heterocycles. The molecule has 0 saturated heterocycles. The van der Waals surface area contributed by atoms with Gasteiger partial charge in [0.2, 0.25) is 0 Å². The summed E-state index contributed by atoms with van der Waals surface area (Å²) in [6.07, 6.45) is 3.74. The molecule has 0 unspecified atom stereocenters. The summed E-state index contributed by atoms with van der Waals surface area (Å²) in [5, 5.41) is 0. The maximum Gasteiger partial charge on any atom is 0.138 e. The van der Waals surface area contributed by atoms with E-state index in [0.717, 1.165) is 5.65 Å². The summed E-state index contributed by atoms with van der Waals surface area (Å²) in [7, 11) is 0. The molecule has 74 valence electrons. The lowest BCUT2D eigenvalue weighted by molar-refractivity contribution is 0.587. The van der Waals surface area contributed by atoms with Gasteiger partial charge in [-0.05, 0) is 17.0 Å². The van der Waals surface area contributed by atoms with Crippen molar-refractivity contribution in [1.82, 2.24) is 9.38 Å². The quantitative estimate of drug-likeness (QED) is 0.690. The maximum atomic E-state index is 5.79. The number of anilines is 1. The Kier molecular flexibility index (Phi) is 1.77. The smallest absolute Gasteiger partial charge is 0.138 e. The number of fused-ring (bicyclic) bond motifs is 1. The first kappa shape index (κ1) is 9.06. The van der Waals surface area contributed by atoms with Crippen LogP contribution in [0.3, 0.4) is 0 Å². The van der Waals surface area contributed by atoms with Crippen molar-refractivity contribution >= 4 is 11.5 Å². The molecule has 3 nitrogen and oxygen atoms in total. The molecule has 0 aliphatic carbocycles. The van der Waals surface area contributed by atoms with Crippen molar-refractivity contribution < 1.29 is 0 Å². The summed E-state index contributed by atoms with van der Waals surface area (Å²) in [6, 6.07) is 4.10. The molecule has 14 heavy (non-hydrogen) atoms. The molecule has 2 aromatic heterocycles. The van der Waals surface area contributed by atoms with E-state index in [4.69, 9.17) is 5.73 Å². The zero-order valence-corrected chi connectivity index (χ0v) is 8.78. The van der Waals surface area contributed by atoms with Crippen LogP contribution in [0.5, 0.6) is 0 Å². The maximum absolute atomic E-state index is 5.79. The minimum atomic E-state index is 0.144. The third-order valence-corrected chi connectivity index (χ3v) is 2.40. The van der Waals surface area contributed by atoms with E-state index in [9.17, 15) is 0 Å². The van der Waals surface area contributed by atoms with E-state index < -0.39 is 0 Å². The Morgan fingerprint density at radius 3 is 2.64 bits per heavy atom. The van der Waals surface area contributed by atoms with Gasteiger partial charge in [0.1, 0.15) is 11.5 Å². The summed E-state index contributed by atoms with van der Waals surface area (Å²) >= 11 is 0. The van der Waals surface area contributed by atoms with Gasteiger partial charge in [0.05, 0.1) is 6.20 Å². The topological polar surface area (TPSA) is 43.3 Å². The summed E-state index contributed by atoms with van der Waals surface area (Å²) in [6.45, 7) is 6.55. The van der Waals surface area contributed by atoms with Crippen molar-refractivity contribution in [2.45, 2.75) is 26.2 Å². The van der Waals surface area contributed by atoms with Crippen LogP contribution >= 0.6 is 0 Å². The summed E-state index contributed by atoms with van der Waals surface area (Å²) in [5.41, 5.74) is 8.09. The van der Waals surface area contributed by atoms with Crippen LogP contribution in [-0.2, 0) is 5.41 Å². The highest BCUT2D eigenvalue weighted by Gasteiger charge is 2.14. The molecular formula is C11H15N3. The minimum Gasteiger partial charge on any atom is -0.383 e. The molecule has 0 spiro atoms. The molecule has 0 saturated carbocycles. The summed E-state index contributed by atoms with van der Waals surface area (Å²) in [4.78, 5) is 4.18. The van der Waals surface area contributed by atoms with Crippen molar-refractivity contribution in [3.8, 4) is 0 Å². The Balaban J connectivity index is 2.66. The lowest BCUT2D eigenvalue weighted by Gasteiger charge is -2.18. The molecule has 0 bridgehead atoms. The van der Waals surface area contributed by atoms with Crippen LogP contribution in [0.25, 0.3) is 5.65 Å². The molecule has 0 aliphatic rings.